The zero-order valence-corrected chi connectivity index (χ0v) is 13.6. The molecule has 6 nitrogen and oxygen atoms in total. The van der Waals surface area contributed by atoms with Crippen LogP contribution < -0.4 is 0 Å². The van der Waals surface area contributed by atoms with E-state index in [4.69, 9.17) is 9.26 Å². The molecule has 1 saturated heterocycles. The molecular formula is C16H19N3O3S. The lowest BCUT2D eigenvalue weighted by molar-refractivity contribution is -0.00977. The summed E-state index contributed by atoms with van der Waals surface area (Å²) in [6, 6.07) is 1.88. The van der Waals surface area contributed by atoms with Crippen molar-refractivity contribution in [1.29, 1.82) is 0 Å². The van der Waals surface area contributed by atoms with Crippen LogP contribution in [-0.4, -0.2) is 40.1 Å². The molecule has 2 fully saturated rings. The fraction of sp³-hybridized carbons (Fsp3) is 0.562. The van der Waals surface area contributed by atoms with Gasteiger partial charge in [-0.05, 0) is 37.1 Å². The molecule has 1 aliphatic carbocycles. The van der Waals surface area contributed by atoms with E-state index in [0.29, 0.717) is 18.4 Å². The van der Waals surface area contributed by atoms with Gasteiger partial charge >= 0.3 is 0 Å². The maximum atomic E-state index is 12.3. The highest BCUT2D eigenvalue weighted by atomic mass is 32.1. The van der Waals surface area contributed by atoms with Gasteiger partial charge in [-0.3, -0.25) is 4.79 Å². The van der Waals surface area contributed by atoms with E-state index in [0.717, 1.165) is 50.2 Å². The average molecular weight is 333 g/mol. The van der Waals surface area contributed by atoms with Crippen LogP contribution in [0.1, 0.15) is 53.7 Å². The van der Waals surface area contributed by atoms with E-state index in [-0.39, 0.29) is 12.0 Å². The molecule has 3 heterocycles. The van der Waals surface area contributed by atoms with Crippen LogP contribution in [0.25, 0.3) is 0 Å². The second-order valence-electron chi connectivity index (χ2n) is 6.14. The third-order valence-electron chi connectivity index (χ3n) is 4.37. The predicted octanol–water partition coefficient (Wildman–Crippen LogP) is 2.83. The molecule has 1 amide bonds. The summed E-state index contributed by atoms with van der Waals surface area (Å²) in [5.74, 6) is 2.00. The molecule has 0 radical (unpaired) electrons. The first-order valence-electron chi connectivity index (χ1n) is 8.05. The summed E-state index contributed by atoms with van der Waals surface area (Å²) in [4.78, 5) is 18.5. The van der Waals surface area contributed by atoms with Crippen molar-refractivity contribution in [2.45, 2.75) is 44.3 Å². The maximum absolute atomic E-state index is 12.3. The highest BCUT2D eigenvalue weighted by Crippen LogP contribution is 2.38. The molecule has 122 valence electrons. The van der Waals surface area contributed by atoms with Crippen LogP contribution in [0.5, 0.6) is 0 Å². The molecule has 7 heteroatoms. The molecule has 0 N–H and O–H groups in total. The Morgan fingerprint density at radius 3 is 2.87 bits per heavy atom. The van der Waals surface area contributed by atoms with Crippen molar-refractivity contribution in [3.05, 3.63) is 34.1 Å². The van der Waals surface area contributed by atoms with Crippen LogP contribution in [0, 0.1) is 0 Å². The predicted molar refractivity (Wildman–Crippen MR) is 84.3 cm³/mol. The van der Waals surface area contributed by atoms with E-state index >= 15 is 0 Å². The molecule has 2 aromatic heterocycles. The van der Waals surface area contributed by atoms with E-state index in [1.807, 2.05) is 21.7 Å². The first-order valence-corrected chi connectivity index (χ1v) is 8.99. The summed E-state index contributed by atoms with van der Waals surface area (Å²) in [5, 5.41) is 7.82. The van der Waals surface area contributed by atoms with E-state index < -0.39 is 0 Å². The van der Waals surface area contributed by atoms with Crippen molar-refractivity contribution in [2.75, 3.05) is 13.1 Å². The van der Waals surface area contributed by atoms with E-state index in [1.165, 1.54) is 0 Å². The molecule has 23 heavy (non-hydrogen) atoms. The van der Waals surface area contributed by atoms with Crippen molar-refractivity contribution in [2.24, 2.45) is 0 Å². The quantitative estimate of drug-likeness (QED) is 0.841. The number of hydrogen-bond acceptors (Lipinski definition) is 6. The number of piperidine rings is 1. The van der Waals surface area contributed by atoms with Crippen LogP contribution in [0.15, 0.2) is 21.3 Å². The third-order valence-corrected chi connectivity index (χ3v) is 5.05. The van der Waals surface area contributed by atoms with Gasteiger partial charge in [0.1, 0.15) is 6.61 Å². The van der Waals surface area contributed by atoms with E-state index in [1.54, 1.807) is 11.3 Å². The molecule has 1 aliphatic heterocycles. The summed E-state index contributed by atoms with van der Waals surface area (Å²) >= 11 is 1.55. The van der Waals surface area contributed by atoms with Gasteiger partial charge in [-0.25, -0.2) is 0 Å². The summed E-state index contributed by atoms with van der Waals surface area (Å²) in [7, 11) is 0. The molecule has 4 rings (SSSR count). The minimum Gasteiger partial charge on any atom is -0.368 e. The lowest BCUT2D eigenvalue weighted by Crippen LogP contribution is -2.40. The third kappa shape index (κ3) is 3.45. The zero-order valence-electron chi connectivity index (χ0n) is 12.8. The number of thiophene rings is 1. The van der Waals surface area contributed by atoms with E-state index in [9.17, 15) is 4.79 Å². The molecule has 1 saturated carbocycles. The van der Waals surface area contributed by atoms with Crippen molar-refractivity contribution in [3.63, 3.8) is 0 Å². The lowest BCUT2D eigenvalue weighted by atomic mass is 10.1. The second-order valence-corrected chi connectivity index (χ2v) is 6.92. The van der Waals surface area contributed by atoms with Crippen LogP contribution in [0.2, 0.25) is 0 Å². The van der Waals surface area contributed by atoms with Gasteiger partial charge in [-0.15, -0.1) is 0 Å². The molecule has 0 spiro atoms. The van der Waals surface area contributed by atoms with Crippen molar-refractivity contribution < 1.29 is 14.1 Å². The monoisotopic (exact) mass is 333 g/mol. The minimum atomic E-state index is 0.121. The highest BCUT2D eigenvalue weighted by molar-refractivity contribution is 7.08. The molecule has 0 unspecified atom stereocenters. The van der Waals surface area contributed by atoms with Crippen molar-refractivity contribution in [1.82, 2.24) is 15.0 Å². The van der Waals surface area contributed by atoms with Gasteiger partial charge in [0.2, 0.25) is 0 Å². The Bertz CT molecular complexity index is 658. The fourth-order valence-corrected chi connectivity index (χ4v) is 3.45. The number of hydrogen-bond donors (Lipinski definition) is 0. The molecule has 2 aromatic rings. The van der Waals surface area contributed by atoms with Gasteiger partial charge in [0.25, 0.3) is 11.8 Å². The summed E-state index contributed by atoms with van der Waals surface area (Å²) < 4.78 is 11.1. The molecule has 0 aromatic carbocycles. The van der Waals surface area contributed by atoms with Gasteiger partial charge < -0.3 is 14.2 Å². The number of nitrogens with zero attached hydrogens (tertiary/aromatic N) is 3. The first-order chi connectivity index (χ1) is 11.3. The normalized spacial score (nSPS) is 19.2. The van der Waals surface area contributed by atoms with Crippen LogP contribution >= 0.6 is 11.3 Å². The lowest BCUT2D eigenvalue weighted by Gasteiger charge is -2.31. The Balaban J connectivity index is 1.24. The van der Waals surface area contributed by atoms with Gasteiger partial charge in [0, 0.05) is 24.4 Å². The van der Waals surface area contributed by atoms with Crippen LogP contribution in [0.4, 0.5) is 0 Å². The Morgan fingerprint density at radius 1 is 1.35 bits per heavy atom. The fourth-order valence-electron chi connectivity index (χ4n) is 2.82. The summed E-state index contributed by atoms with van der Waals surface area (Å²) in [5.41, 5.74) is 0.785. The standard InChI is InChI=1S/C16H19N3O3S/c20-16(12-5-8-23-10-12)19-6-3-13(4-7-19)21-9-14-17-15(18-22-14)11-1-2-11/h5,8,10-11,13H,1-4,6-7,9H2. The SMILES string of the molecule is O=C(c1ccsc1)N1CCC(OCc2nc(C3CC3)no2)CC1. The summed E-state index contributed by atoms with van der Waals surface area (Å²) in [6.07, 6.45) is 4.17. The smallest absolute Gasteiger partial charge is 0.254 e. The first kappa shape index (κ1) is 14.8. The number of amides is 1. The largest absolute Gasteiger partial charge is 0.368 e. The Labute approximate surface area is 138 Å². The zero-order chi connectivity index (χ0) is 15.6. The summed E-state index contributed by atoms with van der Waals surface area (Å²) in [6.45, 7) is 1.83. The maximum Gasteiger partial charge on any atom is 0.254 e. The molecular weight excluding hydrogens is 314 g/mol. The molecule has 0 atom stereocenters. The topological polar surface area (TPSA) is 68.5 Å². The number of ether oxygens (including phenoxy) is 1. The van der Waals surface area contributed by atoms with Crippen LogP contribution in [-0.2, 0) is 11.3 Å². The van der Waals surface area contributed by atoms with Gasteiger partial charge in [0.15, 0.2) is 5.82 Å². The van der Waals surface area contributed by atoms with Crippen molar-refractivity contribution >= 4 is 17.2 Å². The number of rotatable bonds is 5. The minimum absolute atomic E-state index is 0.121. The number of carbonyl (C=O) groups is 1. The molecule has 2 aliphatic rings. The van der Waals surface area contributed by atoms with Gasteiger partial charge in [-0.2, -0.15) is 16.3 Å². The number of aromatic nitrogens is 2. The second kappa shape index (κ2) is 6.41. The average Bonchev–Trinajstić information content (AvgIpc) is 3.11. The van der Waals surface area contributed by atoms with Gasteiger partial charge in [0.05, 0.1) is 11.7 Å². The highest BCUT2D eigenvalue weighted by Gasteiger charge is 2.29. The van der Waals surface area contributed by atoms with Gasteiger partial charge in [-0.1, -0.05) is 5.16 Å². The number of likely N-dealkylation sites (tertiary alicyclic amines) is 1. The molecule has 0 bridgehead atoms. The Kier molecular flexibility index (Phi) is 4.13. The number of carbonyl (C=O) groups excluding carboxylic acids is 1. The van der Waals surface area contributed by atoms with E-state index in [2.05, 4.69) is 10.1 Å². The van der Waals surface area contributed by atoms with Crippen LogP contribution in [0.3, 0.4) is 0 Å². The Morgan fingerprint density at radius 2 is 2.17 bits per heavy atom. The van der Waals surface area contributed by atoms with Crippen molar-refractivity contribution in [3.8, 4) is 0 Å². The Hall–Kier alpha value is -1.73.